The molecule has 0 aliphatic carbocycles. The van der Waals surface area contributed by atoms with Gasteiger partial charge >= 0.3 is 0 Å². The molecule has 2 amide bonds. The lowest BCUT2D eigenvalue weighted by Crippen LogP contribution is -2.45. The van der Waals surface area contributed by atoms with Crippen LogP contribution in [0.5, 0.6) is 0 Å². The standard InChI is InChI=1S/C12H16N2O3S/c1-9-2-3-10(18-9)12(16)13-8-11(15)14-4-6-17-7-5-14/h2-3H,4-8H2,1H3,(H,13,16). The van der Waals surface area contributed by atoms with Crippen molar-refractivity contribution in [2.75, 3.05) is 32.8 Å². The van der Waals surface area contributed by atoms with Gasteiger partial charge in [0, 0.05) is 18.0 Å². The van der Waals surface area contributed by atoms with E-state index in [-0.39, 0.29) is 18.4 Å². The Kier molecular flexibility index (Phi) is 4.33. The Balaban J connectivity index is 1.80. The summed E-state index contributed by atoms with van der Waals surface area (Å²) >= 11 is 1.43. The zero-order valence-electron chi connectivity index (χ0n) is 10.3. The van der Waals surface area contributed by atoms with E-state index in [1.807, 2.05) is 13.0 Å². The van der Waals surface area contributed by atoms with E-state index in [1.54, 1.807) is 11.0 Å². The van der Waals surface area contributed by atoms with E-state index in [1.165, 1.54) is 11.3 Å². The number of aryl methyl sites for hydroxylation is 1. The molecule has 0 atom stereocenters. The van der Waals surface area contributed by atoms with Crippen LogP contribution in [0.1, 0.15) is 14.5 Å². The predicted molar refractivity (Wildman–Crippen MR) is 68.8 cm³/mol. The van der Waals surface area contributed by atoms with Crippen molar-refractivity contribution in [2.24, 2.45) is 0 Å². The number of thiophene rings is 1. The van der Waals surface area contributed by atoms with Crippen LogP contribution in [0, 0.1) is 6.92 Å². The topological polar surface area (TPSA) is 58.6 Å². The van der Waals surface area contributed by atoms with Gasteiger partial charge in [0.1, 0.15) is 0 Å². The number of nitrogens with one attached hydrogen (secondary N) is 1. The first-order valence-corrected chi connectivity index (χ1v) is 6.68. The average Bonchev–Trinajstić information content (AvgIpc) is 2.83. The molecule has 1 N–H and O–H groups in total. The maximum absolute atomic E-state index is 11.8. The van der Waals surface area contributed by atoms with Crippen LogP contribution in [0.25, 0.3) is 0 Å². The van der Waals surface area contributed by atoms with Crippen LogP contribution < -0.4 is 5.32 Å². The highest BCUT2D eigenvalue weighted by molar-refractivity contribution is 7.13. The fourth-order valence-electron chi connectivity index (χ4n) is 1.72. The third kappa shape index (κ3) is 3.30. The van der Waals surface area contributed by atoms with Gasteiger partial charge in [-0.1, -0.05) is 0 Å². The summed E-state index contributed by atoms with van der Waals surface area (Å²) in [4.78, 5) is 27.0. The summed E-state index contributed by atoms with van der Waals surface area (Å²) in [5.41, 5.74) is 0. The predicted octanol–water partition coefficient (Wildman–Crippen LogP) is 0.645. The van der Waals surface area contributed by atoms with Gasteiger partial charge in [0.15, 0.2) is 0 Å². The normalized spacial score (nSPS) is 15.5. The second kappa shape index (κ2) is 5.97. The quantitative estimate of drug-likeness (QED) is 0.875. The van der Waals surface area contributed by atoms with E-state index in [0.717, 1.165) is 4.88 Å². The Hall–Kier alpha value is -1.40. The van der Waals surface area contributed by atoms with Gasteiger partial charge in [0.05, 0.1) is 24.6 Å². The number of hydrogen-bond donors (Lipinski definition) is 1. The summed E-state index contributed by atoms with van der Waals surface area (Å²) < 4.78 is 5.17. The van der Waals surface area contributed by atoms with Crippen LogP contribution in [-0.2, 0) is 9.53 Å². The Labute approximate surface area is 110 Å². The van der Waals surface area contributed by atoms with Crippen LogP contribution in [-0.4, -0.2) is 49.6 Å². The van der Waals surface area contributed by atoms with Gasteiger partial charge in [-0.25, -0.2) is 0 Å². The molecule has 6 heteroatoms. The molecule has 0 aromatic carbocycles. The molecule has 0 unspecified atom stereocenters. The highest BCUT2D eigenvalue weighted by atomic mass is 32.1. The number of amides is 2. The number of nitrogens with zero attached hydrogens (tertiary/aromatic N) is 1. The van der Waals surface area contributed by atoms with Gasteiger partial charge < -0.3 is 15.0 Å². The van der Waals surface area contributed by atoms with E-state index in [4.69, 9.17) is 4.74 Å². The van der Waals surface area contributed by atoms with Gasteiger partial charge in [-0.2, -0.15) is 0 Å². The van der Waals surface area contributed by atoms with E-state index in [0.29, 0.717) is 31.2 Å². The zero-order chi connectivity index (χ0) is 13.0. The molecule has 2 rings (SSSR count). The number of hydrogen-bond acceptors (Lipinski definition) is 4. The van der Waals surface area contributed by atoms with Gasteiger partial charge in [0.2, 0.25) is 5.91 Å². The maximum atomic E-state index is 11.8. The maximum Gasteiger partial charge on any atom is 0.261 e. The van der Waals surface area contributed by atoms with Crippen LogP contribution in [0.2, 0.25) is 0 Å². The van der Waals surface area contributed by atoms with E-state index < -0.39 is 0 Å². The summed E-state index contributed by atoms with van der Waals surface area (Å²) in [6.45, 7) is 4.35. The summed E-state index contributed by atoms with van der Waals surface area (Å²) in [5.74, 6) is -0.241. The van der Waals surface area contributed by atoms with Crippen molar-refractivity contribution in [2.45, 2.75) is 6.92 Å². The highest BCUT2D eigenvalue weighted by Crippen LogP contribution is 2.14. The van der Waals surface area contributed by atoms with Gasteiger partial charge in [-0.15, -0.1) is 11.3 Å². The van der Waals surface area contributed by atoms with Crippen LogP contribution >= 0.6 is 11.3 Å². The minimum atomic E-state index is -0.185. The molecule has 1 aliphatic rings. The van der Waals surface area contributed by atoms with Crippen molar-refractivity contribution in [1.82, 2.24) is 10.2 Å². The molecule has 0 bridgehead atoms. The van der Waals surface area contributed by atoms with Crippen molar-refractivity contribution >= 4 is 23.2 Å². The third-order valence-corrected chi connectivity index (χ3v) is 3.73. The lowest BCUT2D eigenvalue weighted by molar-refractivity contribution is -0.134. The van der Waals surface area contributed by atoms with Crippen molar-refractivity contribution in [3.8, 4) is 0 Å². The van der Waals surface area contributed by atoms with Crippen molar-refractivity contribution in [3.05, 3.63) is 21.9 Å². The fraction of sp³-hybridized carbons (Fsp3) is 0.500. The first-order valence-electron chi connectivity index (χ1n) is 5.87. The molecular weight excluding hydrogens is 252 g/mol. The lowest BCUT2D eigenvalue weighted by Gasteiger charge is -2.26. The Morgan fingerprint density at radius 1 is 1.39 bits per heavy atom. The Morgan fingerprint density at radius 2 is 2.11 bits per heavy atom. The van der Waals surface area contributed by atoms with Gasteiger partial charge in [-0.05, 0) is 19.1 Å². The second-order valence-electron chi connectivity index (χ2n) is 4.09. The molecule has 0 spiro atoms. The molecule has 0 saturated carbocycles. The highest BCUT2D eigenvalue weighted by Gasteiger charge is 2.17. The first kappa shape index (κ1) is 13.0. The summed E-state index contributed by atoms with van der Waals surface area (Å²) in [5, 5.41) is 2.65. The van der Waals surface area contributed by atoms with Crippen molar-refractivity contribution in [1.29, 1.82) is 0 Å². The molecule has 18 heavy (non-hydrogen) atoms. The van der Waals surface area contributed by atoms with Crippen LogP contribution in [0.4, 0.5) is 0 Å². The molecule has 98 valence electrons. The average molecular weight is 268 g/mol. The SMILES string of the molecule is Cc1ccc(C(=O)NCC(=O)N2CCOCC2)s1. The molecule has 1 aliphatic heterocycles. The molecule has 2 heterocycles. The fourth-order valence-corrected chi connectivity index (χ4v) is 2.51. The number of ether oxygens (including phenoxy) is 1. The molecular formula is C12H16N2O3S. The number of morpholine rings is 1. The van der Waals surface area contributed by atoms with Gasteiger partial charge in [0.25, 0.3) is 5.91 Å². The van der Waals surface area contributed by atoms with Crippen molar-refractivity contribution < 1.29 is 14.3 Å². The molecule has 1 saturated heterocycles. The van der Waals surface area contributed by atoms with Gasteiger partial charge in [-0.3, -0.25) is 9.59 Å². The summed E-state index contributed by atoms with van der Waals surface area (Å²) in [6, 6.07) is 3.66. The van der Waals surface area contributed by atoms with E-state index in [9.17, 15) is 9.59 Å². The second-order valence-corrected chi connectivity index (χ2v) is 5.37. The summed E-state index contributed by atoms with van der Waals surface area (Å²) in [7, 11) is 0. The Bertz CT molecular complexity index is 438. The smallest absolute Gasteiger partial charge is 0.261 e. The molecule has 0 radical (unpaired) electrons. The molecule has 5 nitrogen and oxygen atoms in total. The number of rotatable bonds is 3. The molecule has 1 aromatic rings. The zero-order valence-corrected chi connectivity index (χ0v) is 11.1. The number of carbonyl (C=O) groups excluding carboxylic acids is 2. The third-order valence-electron chi connectivity index (χ3n) is 2.73. The minimum absolute atomic E-state index is 0.0514. The summed E-state index contributed by atoms with van der Waals surface area (Å²) in [6.07, 6.45) is 0. The molecule has 1 aromatic heterocycles. The molecule has 1 fully saturated rings. The van der Waals surface area contributed by atoms with E-state index >= 15 is 0 Å². The first-order chi connectivity index (χ1) is 8.66. The largest absolute Gasteiger partial charge is 0.378 e. The minimum Gasteiger partial charge on any atom is -0.378 e. The monoisotopic (exact) mass is 268 g/mol. The van der Waals surface area contributed by atoms with E-state index in [2.05, 4.69) is 5.32 Å². The van der Waals surface area contributed by atoms with Crippen LogP contribution in [0.3, 0.4) is 0 Å². The lowest BCUT2D eigenvalue weighted by atomic mass is 10.3. The van der Waals surface area contributed by atoms with Crippen LogP contribution in [0.15, 0.2) is 12.1 Å². The van der Waals surface area contributed by atoms with Crippen molar-refractivity contribution in [3.63, 3.8) is 0 Å². The Morgan fingerprint density at radius 3 is 2.72 bits per heavy atom. The number of carbonyl (C=O) groups is 2.